The molecule has 68 heavy (non-hydrogen) atoms. The molecule has 3 atom stereocenters. The van der Waals surface area contributed by atoms with Crippen molar-refractivity contribution in [2.75, 3.05) is 40.9 Å². The summed E-state index contributed by atoms with van der Waals surface area (Å²) in [4.78, 5) is 23.3. The molecule has 9 heteroatoms. The lowest BCUT2D eigenvalue weighted by Gasteiger charge is -2.25. The number of rotatable bonds is 54. The number of hydrogen-bond acceptors (Lipinski definition) is 5. The van der Waals surface area contributed by atoms with Gasteiger partial charge in [-0.1, -0.05) is 269 Å². The molecule has 0 aliphatic rings. The van der Waals surface area contributed by atoms with Gasteiger partial charge in [0.25, 0.3) is 0 Å². The Morgan fingerprint density at radius 1 is 0.515 bits per heavy atom. The zero-order valence-corrected chi connectivity index (χ0v) is 46.8. The van der Waals surface area contributed by atoms with Crippen LogP contribution in [0.4, 0.5) is 0 Å². The van der Waals surface area contributed by atoms with E-state index in [1.54, 1.807) is 6.08 Å². The minimum absolute atomic E-state index is 0.0625. The second kappa shape index (κ2) is 50.7. The number of nitrogens with one attached hydrogen (secondary N) is 1. The summed E-state index contributed by atoms with van der Waals surface area (Å²) in [5.41, 5.74) is 0. The van der Waals surface area contributed by atoms with Crippen molar-refractivity contribution in [3.63, 3.8) is 0 Å². The fraction of sp³-hybridized carbons (Fsp3) is 0.881. The first-order valence-corrected chi connectivity index (χ1v) is 30.9. The highest BCUT2D eigenvalue weighted by Gasteiger charge is 2.27. The van der Waals surface area contributed by atoms with Gasteiger partial charge in [-0.05, 0) is 44.9 Å². The number of hydrogen-bond donors (Lipinski definition) is 3. The molecule has 0 aromatic heterocycles. The molecule has 3 unspecified atom stereocenters. The molecule has 0 aromatic carbocycles. The van der Waals surface area contributed by atoms with E-state index in [-0.39, 0.29) is 19.1 Å². The summed E-state index contributed by atoms with van der Waals surface area (Å²) in [5, 5.41) is 14.0. The van der Waals surface area contributed by atoms with Crippen molar-refractivity contribution < 1.29 is 32.9 Å². The first-order chi connectivity index (χ1) is 33.0. The minimum atomic E-state index is -4.35. The van der Waals surface area contributed by atoms with Crippen LogP contribution in [0.5, 0.6) is 0 Å². The lowest BCUT2D eigenvalue weighted by Crippen LogP contribution is -2.45. The molecule has 3 N–H and O–H groups in total. The quantitative estimate of drug-likeness (QED) is 0.0243. The number of likely N-dealkylation sites (N-methyl/N-ethyl adjacent to an activating group) is 1. The van der Waals surface area contributed by atoms with Crippen LogP contribution < -0.4 is 5.32 Å². The standard InChI is InChI=1S/C59H115N2O6P/c1-6-8-10-12-14-16-18-20-22-24-26-28-29-30-31-33-34-36-38-40-42-44-46-48-50-52-58(62)57(56-67-68(64,65)66-55-54-61(3,4)5)60-59(63)53-51-49-47-45-43-41-39-37-35-32-27-25-23-21-19-17-15-13-11-9-7-2/h9,11,15,17,50,52,57-58,62H,6-8,10,12-14,16,18-49,51,53-56H2,1-5H3,(H-,60,63,64,65)/p+1/b11-9-,17-15-,52-50+. The Morgan fingerprint density at radius 3 is 1.28 bits per heavy atom. The molecular formula is C59H116N2O6P+. The Bertz CT molecular complexity index is 1200. The van der Waals surface area contributed by atoms with Gasteiger partial charge in [0.15, 0.2) is 0 Å². The monoisotopic (exact) mass is 980 g/mol. The number of phosphoric acid groups is 1. The average molecular weight is 981 g/mol. The maximum absolute atomic E-state index is 13.0. The van der Waals surface area contributed by atoms with Gasteiger partial charge in [-0.2, -0.15) is 0 Å². The van der Waals surface area contributed by atoms with Gasteiger partial charge in [-0.25, -0.2) is 4.57 Å². The van der Waals surface area contributed by atoms with Gasteiger partial charge in [0.2, 0.25) is 5.91 Å². The number of amides is 1. The molecule has 0 saturated heterocycles. The van der Waals surface area contributed by atoms with Gasteiger partial charge in [-0.15, -0.1) is 0 Å². The number of unbranched alkanes of at least 4 members (excludes halogenated alkanes) is 37. The third-order valence-electron chi connectivity index (χ3n) is 13.4. The first kappa shape index (κ1) is 66.7. The molecule has 0 aromatic rings. The summed E-state index contributed by atoms with van der Waals surface area (Å²) in [6.45, 7) is 4.75. The highest BCUT2D eigenvalue weighted by Crippen LogP contribution is 2.43. The molecule has 8 nitrogen and oxygen atoms in total. The summed E-state index contributed by atoms with van der Waals surface area (Å²) >= 11 is 0. The number of phosphoric ester groups is 1. The van der Waals surface area contributed by atoms with Crippen LogP contribution in [0.15, 0.2) is 36.5 Å². The predicted octanol–water partition coefficient (Wildman–Crippen LogP) is 17.8. The molecule has 1 amide bonds. The van der Waals surface area contributed by atoms with Gasteiger partial charge in [0, 0.05) is 6.42 Å². The molecule has 402 valence electrons. The van der Waals surface area contributed by atoms with Crippen molar-refractivity contribution in [3.8, 4) is 0 Å². The topological polar surface area (TPSA) is 105 Å². The average Bonchev–Trinajstić information content (AvgIpc) is 3.30. The van der Waals surface area contributed by atoms with E-state index >= 15 is 0 Å². The second-order valence-electron chi connectivity index (χ2n) is 21.3. The van der Waals surface area contributed by atoms with E-state index in [0.29, 0.717) is 17.4 Å². The van der Waals surface area contributed by atoms with E-state index < -0.39 is 20.0 Å². The van der Waals surface area contributed by atoms with Crippen molar-refractivity contribution >= 4 is 13.7 Å². The number of nitrogens with zero attached hydrogens (tertiary/aromatic N) is 1. The number of allylic oxidation sites excluding steroid dienone is 5. The summed E-state index contributed by atoms with van der Waals surface area (Å²) in [6, 6.07) is -0.846. The fourth-order valence-corrected chi connectivity index (χ4v) is 9.52. The lowest BCUT2D eigenvalue weighted by molar-refractivity contribution is -0.870. The number of carbonyl (C=O) groups is 1. The number of quaternary nitrogens is 1. The summed E-state index contributed by atoms with van der Waals surface area (Å²) < 4.78 is 23.7. The van der Waals surface area contributed by atoms with Crippen molar-refractivity contribution in [1.82, 2.24) is 5.32 Å². The van der Waals surface area contributed by atoms with Gasteiger partial charge in [0.1, 0.15) is 13.2 Å². The van der Waals surface area contributed by atoms with Crippen molar-refractivity contribution in [3.05, 3.63) is 36.5 Å². The minimum Gasteiger partial charge on any atom is -0.387 e. The highest BCUT2D eigenvalue weighted by molar-refractivity contribution is 7.47. The molecular weight excluding hydrogens is 864 g/mol. The van der Waals surface area contributed by atoms with E-state index in [9.17, 15) is 19.4 Å². The van der Waals surface area contributed by atoms with Crippen LogP contribution in [0.2, 0.25) is 0 Å². The Balaban J connectivity index is 4.18. The largest absolute Gasteiger partial charge is 0.472 e. The van der Waals surface area contributed by atoms with Gasteiger partial charge >= 0.3 is 7.82 Å². The van der Waals surface area contributed by atoms with Crippen LogP contribution in [-0.4, -0.2) is 73.4 Å². The molecule has 0 spiro atoms. The molecule has 0 saturated carbocycles. The maximum atomic E-state index is 13.0. The van der Waals surface area contributed by atoms with Crippen molar-refractivity contribution in [2.45, 2.75) is 296 Å². The third-order valence-corrected chi connectivity index (χ3v) is 14.4. The van der Waals surface area contributed by atoms with Gasteiger partial charge in [0.05, 0.1) is 39.9 Å². The molecule has 0 radical (unpaired) electrons. The Morgan fingerprint density at radius 2 is 0.882 bits per heavy atom. The van der Waals surface area contributed by atoms with E-state index in [4.69, 9.17) is 9.05 Å². The van der Waals surface area contributed by atoms with Crippen LogP contribution in [-0.2, 0) is 18.4 Å². The van der Waals surface area contributed by atoms with Crippen molar-refractivity contribution in [1.29, 1.82) is 0 Å². The van der Waals surface area contributed by atoms with E-state index in [1.165, 1.54) is 212 Å². The lowest BCUT2D eigenvalue weighted by atomic mass is 10.0. The molecule has 0 bridgehead atoms. The summed E-state index contributed by atoms with van der Waals surface area (Å²) in [6.07, 6.45) is 65.3. The maximum Gasteiger partial charge on any atom is 0.472 e. The van der Waals surface area contributed by atoms with E-state index in [0.717, 1.165) is 51.4 Å². The fourth-order valence-electron chi connectivity index (χ4n) is 8.79. The first-order valence-electron chi connectivity index (χ1n) is 29.4. The number of aliphatic hydroxyl groups excluding tert-OH is 1. The summed E-state index contributed by atoms with van der Waals surface area (Å²) in [5.74, 6) is -0.174. The third kappa shape index (κ3) is 52.5. The van der Waals surface area contributed by atoms with Crippen molar-refractivity contribution in [2.24, 2.45) is 0 Å². The Kier molecular flexibility index (Phi) is 49.7. The molecule has 0 fully saturated rings. The smallest absolute Gasteiger partial charge is 0.387 e. The van der Waals surface area contributed by atoms with Crippen LogP contribution in [0.1, 0.15) is 284 Å². The molecule has 0 aliphatic carbocycles. The second-order valence-corrected chi connectivity index (χ2v) is 22.8. The molecule has 0 rings (SSSR count). The van der Waals surface area contributed by atoms with Crippen LogP contribution >= 0.6 is 7.82 Å². The molecule has 0 aliphatic heterocycles. The van der Waals surface area contributed by atoms with Crippen LogP contribution in [0.25, 0.3) is 0 Å². The van der Waals surface area contributed by atoms with Gasteiger partial charge in [-0.3, -0.25) is 13.8 Å². The Hall–Kier alpha value is -1.28. The SMILES string of the molecule is CC/C=C\C/C=C\CCCCCCCCCCCCCCCCC(=O)NC(COP(=O)(O)OCC[N+](C)(C)C)C(O)/C=C/CCCCCCCCCCCCCCCCCCCCCCCCC. The summed E-state index contributed by atoms with van der Waals surface area (Å²) in [7, 11) is 1.58. The highest BCUT2D eigenvalue weighted by atomic mass is 31.2. The van der Waals surface area contributed by atoms with Crippen LogP contribution in [0, 0.1) is 0 Å². The normalized spacial score (nSPS) is 14.2. The number of aliphatic hydroxyl groups is 1. The van der Waals surface area contributed by atoms with Crippen LogP contribution in [0.3, 0.4) is 0 Å². The van der Waals surface area contributed by atoms with Gasteiger partial charge < -0.3 is 19.8 Å². The number of carbonyl (C=O) groups excluding carboxylic acids is 1. The predicted molar refractivity (Wildman–Crippen MR) is 295 cm³/mol. The zero-order chi connectivity index (χ0) is 49.9. The zero-order valence-electron chi connectivity index (χ0n) is 45.9. The van der Waals surface area contributed by atoms with E-state index in [1.807, 2.05) is 27.2 Å². The Labute approximate surface area is 423 Å². The molecule has 0 heterocycles. The van der Waals surface area contributed by atoms with E-state index in [2.05, 4.69) is 43.5 Å².